The van der Waals surface area contributed by atoms with E-state index >= 15 is 0 Å². The Morgan fingerprint density at radius 1 is 1.45 bits per heavy atom. The van der Waals surface area contributed by atoms with Gasteiger partial charge in [0.2, 0.25) is 5.91 Å². The Kier molecular flexibility index (Phi) is 1.82. The number of rotatable bonds is 1. The fourth-order valence-corrected chi connectivity index (χ4v) is 1.93. The number of nitrogens with one attached hydrogen (secondary N) is 1. The van der Waals surface area contributed by atoms with Gasteiger partial charge >= 0.3 is 0 Å². The van der Waals surface area contributed by atoms with E-state index in [-0.39, 0.29) is 0 Å². The van der Waals surface area contributed by atoms with E-state index in [1.165, 1.54) is 6.42 Å². The van der Waals surface area contributed by atoms with Crippen molar-refractivity contribution in [2.45, 2.75) is 31.8 Å². The van der Waals surface area contributed by atoms with Crippen molar-refractivity contribution in [3.63, 3.8) is 0 Å². The Balaban J connectivity index is 1.97. The van der Waals surface area contributed by atoms with Gasteiger partial charge in [0.05, 0.1) is 6.17 Å². The van der Waals surface area contributed by atoms with Crippen molar-refractivity contribution < 1.29 is 4.79 Å². The standard InChI is InChI=1S/C8H14N2O/c11-8-4-2-6-10(8)7-3-1-5-9-7/h7,9H,1-6H2. The summed E-state index contributed by atoms with van der Waals surface area (Å²) in [5.41, 5.74) is 0. The van der Waals surface area contributed by atoms with Crippen LogP contribution in [0.15, 0.2) is 0 Å². The van der Waals surface area contributed by atoms with Crippen molar-refractivity contribution in [3.8, 4) is 0 Å². The molecule has 2 aliphatic rings. The van der Waals surface area contributed by atoms with E-state index < -0.39 is 0 Å². The van der Waals surface area contributed by atoms with Crippen LogP contribution in [0, 0.1) is 0 Å². The van der Waals surface area contributed by atoms with Crippen LogP contribution in [0.25, 0.3) is 0 Å². The predicted octanol–water partition coefficient (Wildman–Crippen LogP) is 0.318. The van der Waals surface area contributed by atoms with Gasteiger partial charge in [0.15, 0.2) is 0 Å². The fourth-order valence-electron chi connectivity index (χ4n) is 1.93. The first-order valence-corrected chi connectivity index (χ1v) is 4.41. The molecule has 0 aromatic carbocycles. The topological polar surface area (TPSA) is 32.3 Å². The molecule has 0 saturated carbocycles. The van der Waals surface area contributed by atoms with E-state index in [2.05, 4.69) is 5.32 Å². The van der Waals surface area contributed by atoms with Crippen molar-refractivity contribution in [1.29, 1.82) is 0 Å². The average Bonchev–Trinajstić information content (AvgIpc) is 2.55. The summed E-state index contributed by atoms with van der Waals surface area (Å²) in [6.07, 6.45) is 4.54. The van der Waals surface area contributed by atoms with Gasteiger partial charge in [-0.1, -0.05) is 0 Å². The summed E-state index contributed by atoms with van der Waals surface area (Å²) < 4.78 is 0. The molecular formula is C8H14N2O. The molecule has 0 bridgehead atoms. The molecule has 62 valence electrons. The van der Waals surface area contributed by atoms with Crippen LogP contribution in [0.4, 0.5) is 0 Å². The molecule has 2 rings (SSSR count). The van der Waals surface area contributed by atoms with Gasteiger partial charge in [-0.2, -0.15) is 0 Å². The molecule has 3 nitrogen and oxygen atoms in total. The minimum atomic E-state index is 0.337. The molecule has 1 amide bonds. The van der Waals surface area contributed by atoms with Crippen molar-refractivity contribution in [2.24, 2.45) is 0 Å². The summed E-state index contributed by atoms with van der Waals surface area (Å²) >= 11 is 0. The van der Waals surface area contributed by atoms with E-state index in [9.17, 15) is 4.79 Å². The summed E-state index contributed by atoms with van der Waals surface area (Å²) in [6.45, 7) is 2.05. The Hall–Kier alpha value is -0.570. The van der Waals surface area contributed by atoms with Crippen LogP contribution in [0.5, 0.6) is 0 Å². The van der Waals surface area contributed by atoms with E-state index in [0.717, 1.165) is 32.4 Å². The summed E-state index contributed by atoms with van der Waals surface area (Å²) in [6, 6.07) is 0. The molecule has 1 N–H and O–H groups in total. The van der Waals surface area contributed by atoms with Crippen molar-refractivity contribution >= 4 is 5.91 Å². The van der Waals surface area contributed by atoms with Gasteiger partial charge < -0.3 is 4.90 Å². The van der Waals surface area contributed by atoms with E-state index in [1.807, 2.05) is 4.90 Å². The second-order valence-corrected chi connectivity index (χ2v) is 3.30. The minimum Gasteiger partial charge on any atom is -0.327 e. The highest BCUT2D eigenvalue weighted by atomic mass is 16.2. The zero-order valence-corrected chi connectivity index (χ0v) is 6.68. The number of hydrogen-bond acceptors (Lipinski definition) is 2. The highest BCUT2D eigenvalue weighted by Gasteiger charge is 2.29. The van der Waals surface area contributed by atoms with E-state index in [1.54, 1.807) is 0 Å². The van der Waals surface area contributed by atoms with E-state index in [0.29, 0.717) is 12.1 Å². The lowest BCUT2D eigenvalue weighted by molar-refractivity contribution is -0.129. The van der Waals surface area contributed by atoms with Crippen LogP contribution >= 0.6 is 0 Å². The molecule has 0 spiro atoms. The van der Waals surface area contributed by atoms with Crippen LogP contribution in [-0.4, -0.2) is 30.1 Å². The van der Waals surface area contributed by atoms with Crippen LogP contribution in [0.3, 0.4) is 0 Å². The molecule has 11 heavy (non-hydrogen) atoms. The molecule has 3 heteroatoms. The Labute approximate surface area is 66.8 Å². The second-order valence-electron chi connectivity index (χ2n) is 3.30. The molecule has 1 unspecified atom stereocenters. The lowest BCUT2D eigenvalue weighted by Crippen LogP contribution is -2.42. The smallest absolute Gasteiger partial charge is 0.223 e. The van der Waals surface area contributed by atoms with Crippen LogP contribution in [0.1, 0.15) is 25.7 Å². The van der Waals surface area contributed by atoms with Gasteiger partial charge in [0.25, 0.3) is 0 Å². The maximum atomic E-state index is 11.2. The highest BCUT2D eigenvalue weighted by molar-refractivity contribution is 5.78. The number of carbonyl (C=O) groups excluding carboxylic acids is 1. The SMILES string of the molecule is O=C1CCCN1C1CCCN1. The van der Waals surface area contributed by atoms with Gasteiger partial charge in [-0.05, 0) is 25.8 Å². The number of amides is 1. The van der Waals surface area contributed by atoms with Crippen LogP contribution < -0.4 is 5.32 Å². The minimum absolute atomic E-state index is 0.337. The first kappa shape index (κ1) is 7.10. The van der Waals surface area contributed by atoms with Crippen molar-refractivity contribution in [2.75, 3.05) is 13.1 Å². The maximum Gasteiger partial charge on any atom is 0.223 e. The first-order valence-electron chi connectivity index (χ1n) is 4.41. The average molecular weight is 154 g/mol. The quantitative estimate of drug-likeness (QED) is 0.590. The lowest BCUT2D eigenvalue weighted by atomic mass is 10.3. The molecule has 0 radical (unpaired) electrons. The lowest BCUT2D eigenvalue weighted by Gasteiger charge is -2.23. The molecule has 2 heterocycles. The fraction of sp³-hybridized carbons (Fsp3) is 0.875. The number of likely N-dealkylation sites (tertiary alicyclic amines) is 1. The molecule has 2 aliphatic heterocycles. The molecule has 0 aliphatic carbocycles. The van der Waals surface area contributed by atoms with Crippen molar-refractivity contribution in [1.82, 2.24) is 10.2 Å². The summed E-state index contributed by atoms with van der Waals surface area (Å²) in [5, 5.41) is 3.33. The van der Waals surface area contributed by atoms with Gasteiger partial charge in [-0.25, -0.2) is 0 Å². The summed E-state index contributed by atoms with van der Waals surface area (Å²) in [5.74, 6) is 0.337. The number of nitrogens with zero attached hydrogens (tertiary/aromatic N) is 1. The predicted molar refractivity (Wildman–Crippen MR) is 42.0 cm³/mol. The molecule has 2 fully saturated rings. The Morgan fingerprint density at radius 3 is 2.91 bits per heavy atom. The molecular weight excluding hydrogens is 140 g/mol. The van der Waals surface area contributed by atoms with Crippen LogP contribution in [0.2, 0.25) is 0 Å². The zero-order valence-electron chi connectivity index (χ0n) is 6.68. The monoisotopic (exact) mass is 154 g/mol. The van der Waals surface area contributed by atoms with E-state index in [4.69, 9.17) is 0 Å². The molecule has 0 aromatic rings. The van der Waals surface area contributed by atoms with Gasteiger partial charge in [-0.3, -0.25) is 10.1 Å². The van der Waals surface area contributed by atoms with Gasteiger partial charge in [-0.15, -0.1) is 0 Å². The number of hydrogen-bond donors (Lipinski definition) is 1. The van der Waals surface area contributed by atoms with Crippen molar-refractivity contribution in [3.05, 3.63) is 0 Å². The highest BCUT2D eigenvalue weighted by Crippen LogP contribution is 2.17. The third-order valence-corrected chi connectivity index (χ3v) is 2.52. The normalized spacial score (nSPS) is 31.8. The Bertz CT molecular complexity index is 163. The largest absolute Gasteiger partial charge is 0.327 e. The second kappa shape index (κ2) is 2.81. The summed E-state index contributed by atoms with van der Waals surface area (Å²) in [7, 11) is 0. The van der Waals surface area contributed by atoms with Gasteiger partial charge in [0.1, 0.15) is 0 Å². The first-order chi connectivity index (χ1) is 5.38. The Morgan fingerprint density at radius 2 is 2.36 bits per heavy atom. The number of carbonyl (C=O) groups is 1. The summed E-state index contributed by atoms with van der Waals surface area (Å²) in [4.78, 5) is 13.2. The third-order valence-electron chi connectivity index (χ3n) is 2.52. The molecule has 0 aromatic heterocycles. The molecule has 1 atom stereocenters. The molecule has 2 saturated heterocycles. The maximum absolute atomic E-state index is 11.2. The van der Waals surface area contributed by atoms with Crippen LogP contribution in [-0.2, 0) is 4.79 Å². The van der Waals surface area contributed by atoms with Gasteiger partial charge in [0, 0.05) is 13.0 Å². The zero-order chi connectivity index (χ0) is 7.68. The third kappa shape index (κ3) is 1.25.